The molecule has 0 radical (unpaired) electrons. The van der Waals surface area contributed by atoms with Crippen LogP contribution in [-0.4, -0.2) is 25.2 Å². The largest absolute Gasteiger partial charge is 0.450 e. The van der Waals surface area contributed by atoms with E-state index in [-0.39, 0.29) is 13.2 Å². The van der Waals surface area contributed by atoms with E-state index >= 15 is 0 Å². The Bertz CT molecular complexity index is 135. The number of hydrogen-bond donors (Lipinski definition) is 2. The lowest BCUT2D eigenvalue weighted by Gasteiger charge is -2.00. The highest BCUT2D eigenvalue weighted by Crippen LogP contribution is 1.73. The van der Waals surface area contributed by atoms with Gasteiger partial charge in [-0.3, -0.25) is 4.79 Å². The molecule has 2 amide bonds. The molecule has 0 saturated heterocycles. The van der Waals surface area contributed by atoms with E-state index in [1.54, 1.807) is 6.92 Å². The van der Waals surface area contributed by atoms with E-state index in [0.29, 0.717) is 0 Å². The molecule has 0 unspecified atom stereocenters. The molecule has 0 saturated carbocycles. The first kappa shape index (κ1) is 8.74. The van der Waals surface area contributed by atoms with Crippen LogP contribution in [0.25, 0.3) is 0 Å². The van der Waals surface area contributed by atoms with Crippen LogP contribution in [0.2, 0.25) is 0 Å². The predicted octanol–water partition coefficient (Wildman–Crippen LogP) is -0.782. The van der Waals surface area contributed by atoms with E-state index in [2.05, 4.69) is 10.1 Å². The molecule has 0 aromatic carbocycles. The van der Waals surface area contributed by atoms with Crippen LogP contribution in [0.4, 0.5) is 4.79 Å². The molecule has 3 N–H and O–H groups in total. The summed E-state index contributed by atoms with van der Waals surface area (Å²) in [5.41, 5.74) is 4.73. The van der Waals surface area contributed by atoms with Gasteiger partial charge in [-0.1, -0.05) is 0 Å². The molecular weight excluding hydrogens is 136 g/mol. The number of amides is 2. The molecule has 0 aromatic heterocycles. The Morgan fingerprint density at radius 3 is 2.60 bits per heavy atom. The van der Waals surface area contributed by atoms with Gasteiger partial charge in [-0.25, -0.2) is 4.79 Å². The summed E-state index contributed by atoms with van der Waals surface area (Å²) < 4.78 is 4.43. The van der Waals surface area contributed by atoms with Crippen molar-refractivity contribution < 1.29 is 14.3 Å². The fourth-order valence-electron chi connectivity index (χ4n) is 0.341. The van der Waals surface area contributed by atoms with Gasteiger partial charge in [-0.2, -0.15) is 0 Å². The van der Waals surface area contributed by atoms with Gasteiger partial charge in [0.05, 0.1) is 13.2 Å². The molecule has 0 aliphatic heterocycles. The lowest BCUT2D eigenvalue weighted by Crippen LogP contribution is -2.33. The number of carbonyl (C=O) groups excluding carboxylic acids is 2. The summed E-state index contributed by atoms with van der Waals surface area (Å²) in [6.45, 7) is 1.77. The van der Waals surface area contributed by atoms with Crippen LogP contribution in [0.5, 0.6) is 0 Å². The highest BCUT2D eigenvalue weighted by atomic mass is 16.5. The van der Waals surface area contributed by atoms with E-state index in [9.17, 15) is 9.59 Å². The molecule has 10 heavy (non-hydrogen) atoms. The molecular formula is C5H10N2O3. The van der Waals surface area contributed by atoms with Crippen LogP contribution in [0.15, 0.2) is 0 Å². The van der Waals surface area contributed by atoms with Crippen LogP contribution in [0.1, 0.15) is 6.92 Å². The SMILES string of the molecule is CCOC(=O)NCC(N)=O. The highest BCUT2D eigenvalue weighted by Gasteiger charge is 1.99. The summed E-state index contributed by atoms with van der Waals surface area (Å²) in [6, 6.07) is 0. The number of nitrogens with two attached hydrogens (primary N) is 1. The van der Waals surface area contributed by atoms with Gasteiger partial charge < -0.3 is 15.8 Å². The maximum absolute atomic E-state index is 10.4. The monoisotopic (exact) mass is 146 g/mol. The van der Waals surface area contributed by atoms with Gasteiger partial charge in [0.2, 0.25) is 5.91 Å². The van der Waals surface area contributed by atoms with Gasteiger partial charge in [0.25, 0.3) is 0 Å². The van der Waals surface area contributed by atoms with Gasteiger partial charge in [0.15, 0.2) is 0 Å². The number of hydrogen-bond acceptors (Lipinski definition) is 3. The van der Waals surface area contributed by atoms with E-state index in [1.807, 2.05) is 0 Å². The fraction of sp³-hybridized carbons (Fsp3) is 0.600. The zero-order chi connectivity index (χ0) is 7.98. The van der Waals surface area contributed by atoms with Crippen molar-refractivity contribution in [1.82, 2.24) is 5.32 Å². The average molecular weight is 146 g/mol. The first-order valence-corrected chi connectivity index (χ1v) is 2.85. The standard InChI is InChI=1S/C5H10N2O3/c1-2-10-5(9)7-3-4(6)8/h2-3H2,1H3,(H2,6,8)(H,7,9). The number of carbonyl (C=O) groups is 2. The van der Waals surface area contributed by atoms with Crippen LogP contribution >= 0.6 is 0 Å². The van der Waals surface area contributed by atoms with Crippen molar-refractivity contribution in [3.63, 3.8) is 0 Å². The summed E-state index contributed by atoms with van der Waals surface area (Å²) in [4.78, 5) is 20.5. The predicted molar refractivity (Wildman–Crippen MR) is 34.2 cm³/mol. The maximum Gasteiger partial charge on any atom is 0.407 e. The molecule has 5 nitrogen and oxygen atoms in total. The number of alkyl carbamates (subject to hydrolysis) is 1. The molecule has 0 heterocycles. The molecule has 0 fully saturated rings. The second-order valence-electron chi connectivity index (χ2n) is 1.54. The molecule has 5 heteroatoms. The summed E-state index contributed by atoms with van der Waals surface area (Å²) in [7, 11) is 0. The zero-order valence-corrected chi connectivity index (χ0v) is 5.72. The third kappa shape index (κ3) is 4.89. The van der Waals surface area contributed by atoms with Crippen molar-refractivity contribution in [2.24, 2.45) is 5.73 Å². The third-order valence-corrected chi connectivity index (χ3v) is 0.682. The van der Waals surface area contributed by atoms with E-state index in [4.69, 9.17) is 5.73 Å². The quantitative estimate of drug-likeness (QED) is 0.547. The number of nitrogens with one attached hydrogen (secondary N) is 1. The molecule has 0 spiro atoms. The molecule has 0 atom stereocenters. The van der Waals surface area contributed by atoms with Crippen molar-refractivity contribution in [1.29, 1.82) is 0 Å². The van der Waals surface area contributed by atoms with Gasteiger partial charge in [0.1, 0.15) is 0 Å². The Morgan fingerprint density at radius 2 is 2.20 bits per heavy atom. The Kier molecular flexibility index (Phi) is 4.02. The second kappa shape index (κ2) is 4.60. The van der Waals surface area contributed by atoms with Crippen molar-refractivity contribution in [2.75, 3.05) is 13.2 Å². The Hall–Kier alpha value is -1.26. The third-order valence-electron chi connectivity index (χ3n) is 0.682. The zero-order valence-electron chi connectivity index (χ0n) is 5.72. The smallest absolute Gasteiger partial charge is 0.407 e. The van der Waals surface area contributed by atoms with E-state index < -0.39 is 12.0 Å². The Balaban J connectivity index is 3.30. The molecule has 0 bridgehead atoms. The first-order chi connectivity index (χ1) is 4.66. The molecule has 0 aliphatic carbocycles. The number of ether oxygens (including phenoxy) is 1. The second-order valence-corrected chi connectivity index (χ2v) is 1.54. The minimum atomic E-state index is -0.624. The van der Waals surface area contributed by atoms with Gasteiger partial charge in [-0.15, -0.1) is 0 Å². The molecule has 0 aromatic rings. The fourth-order valence-corrected chi connectivity index (χ4v) is 0.341. The Morgan fingerprint density at radius 1 is 1.60 bits per heavy atom. The number of primary amides is 1. The summed E-state index contributed by atoms with van der Waals surface area (Å²) in [6.07, 6.45) is -0.624. The van der Waals surface area contributed by atoms with Crippen molar-refractivity contribution in [3.05, 3.63) is 0 Å². The van der Waals surface area contributed by atoms with E-state index in [1.165, 1.54) is 0 Å². The number of rotatable bonds is 3. The van der Waals surface area contributed by atoms with E-state index in [0.717, 1.165) is 0 Å². The minimum absolute atomic E-state index is 0.182. The molecule has 0 aliphatic rings. The van der Waals surface area contributed by atoms with Crippen molar-refractivity contribution >= 4 is 12.0 Å². The lowest BCUT2D eigenvalue weighted by molar-refractivity contribution is -0.117. The van der Waals surface area contributed by atoms with Crippen molar-refractivity contribution in [2.45, 2.75) is 6.92 Å². The summed E-state index contributed by atoms with van der Waals surface area (Å²) in [5.74, 6) is -0.590. The molecule has 58 valence electrons. The van der Waals surface area contributed by atoms with Gasteiger partial charge >= 0.3 is 6.09 Å². The van der Waals surface area contributed by atoms with Gasteiger partial charge in [-0.05, 0) is 6.92 Å². The summed E-state index contributed by atoms with van der Waals surface area (Å²) in [5, 5.41) is 2.15. The average Bonchev–Trinajstić information content (AvgIpc) is 1.85. The Labute approximate surface area is 58.5 Å². The molecule has 0 rings (SSSR count). The van der Waals surface area contributed by atoms with Crippen LogP contribution < -0.4 is 11.1 Å². The normalized spacial score (nSPS) is 8.50. The van der Waals surface area contributed by atoms with Crippen LogP contribution in [-0.2, 0) is 9.53 Å². The minimum Gasteiger partial charge on any atom is -0.450 e. The maximum atomic E-state index is 10.4. The topological polar surface area (TPSA) is 81.4 Å². The first-order valence-electron chi connectivity index (χ1n) is 2.85. The van der Waals surface area contributed by atoms with Crippen LogP contribution in [0, 0.1) is 0 Å². The van der Waals surface area contributed by atoms with Crippen molar-refractivity contribution in [3.8, 4) is 0 Å². The summed E-state index contributed by atoms with van der Waals surface area (Å²) >= 11 is 0. The highest BCUT2D eigenvalue weighted by molar-refractivity contribution is 5.80. The van der Waals surface area contributed by atoms with Crippen LogP contribution in [0.3, 0.4) is 0 Å². The lowest BCUT2D eigenvalue weighted by atomic mass is 10.6. The van der Waals surface area contributed by atoms with Gasteiger partial charge in [0, 0.05) is 0 Å².